The van der Waals surface area contributed by atoms with Gasteiger partial charge in [0.2, 0.25) is 0 Å². The lowest BCUT2D eigenvalue weighted by Gasteiger charge is -1.92. The molecular formula is C9H13N. The van der Waals surface area contributed by atoms with E-state index in [1.807, 2.05) is 12.1 Å². The Morgan fingerprint density at radius 2 is 2.20 bits per heavy atom. The predicted octanol–water partition coefficient (Wildman–Crippen LogP) is 2.81. The molecule has 0 atom stereocenters. The van der Waals surface area contributed by atoms with Crippen molar-refractivity contribution in [3.8, 4) is 6.07 Å². The van der Waals surface area contributed by atoms with Gasteiger partial charge in [-0.15, -0.1) is 0 Å². The first kappa shape index (κ1) is 8.97. The Morgan fingerprint density at radius 3 is 2.60 bits per heavy atom. The summed E-state index contributed by atoms with van der Waals surface area (Å²) in [5.74, 6) is 0. The summed E-state index contributed by atoms with van der Waals surface area (Å²) in [5.41, 5.74) is 1.24. The Bertz CT molecular complexity index is 170. The average Bonchev–Trinajstić information content (AvgIpc) is 1.98. The Kier molecular flexibility index (Phi) is 5.47. The molecule has 0 aliphatic carbocycles. The molecule has 0 aromatic carbocycles. The Labute approximate surface area is 62.7 Å². The monoisotopic (exact) mass is 135 g/mol. The van der Waals surface area contributed by atoms with Crippen LogP contribution in [-0.2, 0) is 0 Å². The largest absolute Gasteiger partial charge is 0.193 e. The molecule has 54 valence electrons. The van der Waals surface area contributed by atoms with E-state index in [0.717, 1.165) is 12.8 Å². The van der Waals surface area contributed by atoms with Crippen molar-refractivity contribution >= 4 is 0 Å². The molecule has 0 aromatic rings. The number of nitriles is 1. The van der Waals surface area contributed by atoms with E-state index in [9.17, 15) is 0 Å². The standard InChI is InChI=1S/C9H13N/c1-3-6-9(4-2)7-5-8-10/h5-7H,3-4H2,1-2H3/b7-5-,9-6-. The fourth-order valence-corrected chi connectivity index (χ4v) is 0.737. The SMILES string of the molecule is CC/C=C(\C=C/C#N)CC. The van der Waals surface area contributed by atoms with Crippen LogP contribution in [0, 0.1) is 11.3 Å². The summed E-state index contributed by atoms with van der Waals surface area (Å²) in [6.45, 7) is 4.18. The van der Waals surface area contributed by atoms with E-state index in [4.69, 9.17) is 5.26 Å². The highest BCUT2D eigenvalue weighted by Crippen LogP contribution is 2.02. The van der Waals surface area contributed by atoms with Gasteiger partial charge in [0.05, 0.1) is 6.07 Å². The molecule has 0 aliphatic rings. The zero-order valence-electron chi connectivity index (χ0n) is 6.59. The van der Waals surface area contributed by atoms with E-state index < -0.39 is 0 Å². The first-order valence-corrected chi connectivity index (χ1v) is 3.60. The summed E-state index contributed by atoms with van der Waals surface area (Å²) in [6, 6.07) is 1.97. The van der Waals surface area contributed by atoms with Crippen molar-refractivity contribution in [1.29, 1.82) is 5.26 Å². The van der Waals surface area contributed by atoms with Crippen LogP contribution in [-0.4, -0.2) is 0 Å². The third-order valence-electron chi connectivity index (χ3n) is 1.25. The van der Waals surface area contributed by atoms with Crippen LogP contribution in [0.3, 0.4) is 0 Å². The summed E-state index contributed by atoms with van der Waals surface area (Å²) >= 11 is 0. The number of allylic oxidation sites excluding steroid dienone is 4. The molecule has 0 rings (SSSR count). The summed E-state index contributed by atoms with van der Waals surface area (Å²) in [6.07, 6.45) is 7.56. The predicted molar refractivity (Wildman–Crippen MR) is 43.4 cm³/mol. The fourth-order valence-electron chi connectivity index (χ4n) is 0.737. The van der Waals surface area contributed by atoms with Gasteiger partial charge >= 0.3 is 0 Å². The van der Waals surface area contributed by atoms with E-state index in [0.29, 0.717) is 0 Å². The van der Waals surface area contributed by atoms with Crippen LogP contribution in [0.1, 0.15) is 26.7 Å². The summed E-state index contributed by atoms with van der Waals surface area (Å²) in [4.78, 5) is 0. The fraction of sp³-hybridized carbons (Fsp3) is 0.444. The molecule has 0 bridgehead atoms. The normalized spacial score (nSPS) is 11.9. The molecule has 1 heteroatoms. The second-order valence-electron chi connectivity index (χ2n) is 2.00. The maximum Gasteiger partial charge on any atom is 0.0912 e. The van der Waals surface area contributed by atoms with Gasteiger partial charge < -0.3 is 0 Å². The van der Waals surface area contributed by atoms with Gasteiger partial charge in [-0.05, 0) is 18.9 Å². The maximum absolute atomic E-state index is 8.21. The molecule has 0 heterocycles. The van der Waals surface area contributed by atoms with Crippen molar-refractivity contribution in [2.24, 2.45) is 0 Å². The Morgan fingerprint density at radius 1 is 1.50 bits per heavy atom. The van der Waals surface area contributed by atoms with Gasteiger partial charge in [-0.1, -0.05) is 25.5 Å². The minimum atomic E-state index is 1.01. The number of hydrogen-bond donors (Lipinski definition) is 0. The third-order valence-corrected chi connectivity index (χ3v) is 1.25. The number of hydrogen-bond acceptors (Lipinski definition) is 1. The van der Waals surface area contributed by atoms with Gasteiger partial charge in [-0.2, -0.15) is 5.26 Å². The van der Waals surface area contributed by atoms with Gasteiger partial charge in [0.25, 0.3) is 0 Å². The van der Waals surface area contributed by atoms with Crippen molar-refractivity contribution in [1.82, 2.24) is 0 Å². The van der Waals surface area contributed by atoms with E-state index >= 15 is 0 Å². The molecule has 0 unspecified atom stereocenters. The minimum absolute atomic E-state index is 1.01. The summed E-state index contributed by atoms with van der Waals surface area (Å²) in [7, 11) is 0. The third kappa shape index (κ3) is 3.91. The first-order chi connectivity index (χ1) is 4.85. The molecular weight excluding hydrogens is 122 g/mol. The van der Waals surface area contributed by atoms with Gasteiger partial charge in [0, 0.05) is 6.08 Å². The minimum Gasteiger partial charge on any atom is -0.193 e. The second kappa shape index (κ2) is 6.10. The Hall–Kier alpha value is -1.03. The van der Waals surface area contributed by atoms with Crippen LogP contribution >= 0.6 is 0 Å². The van der Waals surface area contributed by atoms with Crippen molar-refractivity contribution in [3.63, 3.8) is 0 Å². The summed E-state index contributed by atoms with van der Waals surface area (Å²) in [5, 5.41) is 8.21. The van der Waals surface area contributed by atoms with Gasteiger partial charge in [-0.25, -0.2) is 0 Å². The van der Waals surface area contributed by atoms with E-state index in [2.05, 4.69) is 19.9 Å². The molecule has 1 nitrogen and oxygen atoms in total. The number of nitrogens with zero attached hydrogens (tertiary/aromatic N) is 1. The van der Waals surface area contributed by atoms with Crippen LogP contribution in [0.4, 0.5) is 0 Å². The lowest BCUT2D eigenvalue weighted by molar-refractivity contribution is 1.10. The lowest BCUT2D eigenvalue weighted by Crippen LogP contribution is -1.72. The molecule has 0 radical (unpaired) electrons. The molecule has 0 saturated carbocycles. The lowest BCUT2D eigenvalue weighted by atomic mass is 10.1. The quantitative estimate of drug-likeness (QED) is 0.431. The smallest absolute Gasteiger partial charge is 0.0912 e. The zero-order chi connectivity index (χ0) is 7.82. The molecule has 0 N–H and O–H groups in total. The maximum atomic E-state index is 8.21. The number of rotatable bonds is 3. The van der Waals surface area contributed by atoms with E-state index in [-0.39, 0.29) is 0 Å². The highest BCUT2D eigenvalue weighted by atomic mass is 14.2. The first-order valence-electron chi connectivity index (χ1n) is 3.60. The van der Waals surface area contributed by atoms with Gasteiger partial charge in [0.1, 0.15) is 0 Å². The van der Waals surface area contributed by atoms with Crippen LogP contribution in [0.15, 0.2) is 23.8 Å². The van der Waals surface area contributed by atoms with Gasteiger partial charge in [0.15, 0.2) is 0 Å². The average molecular weight is 135 g/mol. The topological polar surface area (TPSA) is 23.8 Å². The van der Waals surface area contributed by atoms with Crippen molar-refractivity contribution in [2.45, 2.75) is 26.7 Å². The molecule has 0 aliphatic heterocycles. The molecule has 0 spiro atoms. The van der Waals surface area contributed by atoms with Crippen LogP contribution in [0.5, 0.6) is 0 Å². The van der Waals surface area contributed by atoms with E-state index in [1.165, 1.54) is 11.6 Å². The zero-order valence-corrected chi connectivity index (χ0v) is 6.59. The molecule has 0 amide bonds. The van der Waals surface area contributed by atoms with Crippen LogP contribution in [0.2, 0.25) is 0 Å². The molecule has 10 heavy (non-hydrogen) atoms. The summed E-state index contributed by atoms with van der Waals surface area (Å²) < 4.78 is 0. The highest BCUT2D eigenvalue weighted by Gasteiger charge is 1.83. The Balaban J connectivity index is 3.98. The van der Waals surface area contributed by atoms with E-state index in [1.54, 1.807) is 0 Å². The highest BCUT2D eigenvalue weighted by molar-refractivity contribution is 5.22. The molecule has 0 fully saturated rings. The van der Waals surface area contributed by atoms with Crippen LogP contribution in [0.25, 0.3) is 0 Å². The van der Waals surface area contributed by atoms with Crippen molar-refractivity contribution < 1.29 is 0 Å². The molecule has 0 aromatic heterocycles. The van der Waals surface area contributed by atoms with Gasteiger partial charge in [-0.3, -0.25) is 0 Å². The van der Waals surface area contributed by atoms with Crippen LogP contribution < -0.4 is 0 Å². The molecule has 0 saturated heterocycles. The van der Waals surface area contributed by atoms with Crippen molar-refractivity contribution in [3.05, 3.63) is 23.8 Å². The van der Waals surface area contributed by atoms with Crippen molar-refractivity contribution in [2.75, 3.05) is 0 Å². The second-order valence-corrected chi connectivity index (χ2v) is 2.00.